The summed E-state index contributed by atoms with van der Waals surface area (Å²) in [6, 6.07) is 9.22. The van der Waals surface area contributed by atoms with Crippen LogP contribution >= 0.6 is 0 Å². The van der Waals surface area contributed by atoms with Crippen LogP contribution in [-0.4, -0.2) is 49.3 Å². The predicted octanol–water partition coefficient (Wildman–Crippen LogP) is 0.328. The van der Waals surface area contributed by atoms with Crippen molar-refractivity contribution in [2.75, 3.05) is 33.4 Å². The summed E-state index contributed by atoms with van der Waals surface area (Å²) in [5.41, 5.74) is 5.81. The normalized spacial score (nSPS) is 13.9. The maximum Gasteiger partial charge on any atom is 0.247 e. The highest BCUT2D eigenvalue weighted by Crippen LogP contribution is 2.20. The van der Waals surface area contributed by atoms with E-state index in [0.29, 0.717) is 13.2 Å². The van der Waals surface area contributed by atoms with E-state index in [1.54, 1.807) is 14.0 Å². The Hall–Kier alpha value is -1.43. The van der Waals surface area contributed by atoms with Gasteiger partial charge in [0.05, 0.1) is 13.2 Å². The number of aliphatic hydroxyl groups is 1. The Kier molecular flexibility index (Phi) is 5.95. The maximum absolute atomic E-state index is 12.5. The molecule has 0 bridgehead atoms. The van der Waals surface area contributed by atoms with Crippen molar-refractivity contribution in [3.63, 3.8) is 0 Å². The zero-order valence-electron chi connectivity index (χ0n) is 11.5. The average Bonchev–Trinajstić information content (AvgIpc) is 2.43. The largest absolute Gasteiger partial charge is 0.395 e. The van der Waals surface area contributed by atoms with Crippen LogP contribution in [0.25, 0.3) is 0 Å². The molecule has 3 N–H and O–H groups in total. The first-order chi connectivity index (χ1) is 9.04. The second kappa shape index (κ2) is 7.23. The van der Waals surface area contributed by atoms with Crippen molar-refractivity contribution in [3.05, 3.63) is 35.9 Å². The van der Waals surface area contributed by atoms with Crippen LogP contribution in [-0.2, 0) is 15.1 Å². The number of nitrogens with two attached hydrogens (primary N) is 1. The van der Waals surface area contributed by atoms with Crippen molar-refractivity contribution in [2.24, 2.45) is 5.73 Å². The van der Waals surface area contributed by atoms with Gasteiger partial charge in [-0.05, 0) is 12.5 Å². The molecule has 1 rings (SSSR count). The van der Waals surface area contributed by atoms with E-state index in [1.807, 2.05) is 30.3 Å². The number of benzene rings is 1. The van der Waals surface area contributed by atoms with E-state index in [9.17, 15) is 4.79 Å². The van der Waals surface area contributed by atoms with Gasteiger partial charge in [-0.2, -0.15) is 0 Å². The third-order valence-electron chi connectivity index (χ3n) is 3.04. The number of hydrogen-bond donors (Lipinski definition) is 2. The first-order valence-corrected chi connectivity index (χ1v) is 6.27. The molecule has 1 amide bonds. The molecular formula is C14H22N2O3. The van der Waals surface area contributed by atoms with Gasteiger partial charge in [-0.3, -0.25) is 4.79 Å². The lowest BCUT2D eigenvalue weighted by Crippen LogP contribution is -2.52. The molecule has 5 heteroatoms. The van der Waals surface area contributed by atoms with E-state index in [0.717, 1.165) is 5.56 Å². The van der Waals surface area contributed by atoms with Crippen LogP contribution in [0.15, 0.2) is 30.3 Å². The summed E-state index contributed by atoms with van der Waals surface area (Å²) in [6.07, 6.45) is 0. The molecule has 1 atom stereocenters. The third-order valence-corrected chi connectivity index (χ3v) is 3.04. The maximum atomic E-state index is 12.5. The fourth-order valence-electron chi connectivity index (χ4n) is 1.87. The monoisotopic (exact) mass is 266 g/mol. The molecule has 5 nitrogen and oxygen atoms in total. The number of carbonyl (C=O) groups excluding carboxylic acids is 1. The molecule has 0 aliphatic rings. The smallest absolute Gasteiger partial charge is 0.247 e. The van der Waals surface area contributed by atoms with Gasteiger partial charge in [-0.25, -0.2) is 0 Å². The quantitative estimate of drug-likeness (QED) is 0.745. The van der Waals surface area contributed by atoms with Crippen molar-refractivity contribution in [1.29, 1.82) is 0 Å². The molecule has 0 aliphatic carbocycles. The van der Waals surface area contributed by atoms with Gasteiger partial charge in [0.1, 0.15) is 5.54 Å². The SMILES string of the molecule is COCCN(CCO)C(=O)C(C)(N)c1ccccc1. The van der Waals surface area contributed by atoms with Gasteiger partial charge < -0.3 is 20.5 Å². The van der Waals surface area contributed by atoms with Crippen LogP contribution < -0.4 is 5.73 Å². The second-order valence-corrected chi connectivity index (χ2v) is 4.58. The highest BCUT2D eigenvalue weighted by atomic mass is 16.5. The highest BCUT2D eigenvalue weighted by Gasteiger charge is 2.33. The molecule has 0 aliphatic heterocycles. The minimum absolute atomic E-state index is 0.0969. The van der Waals surface area contributed by atoms with Crippen molar-refractivity contribution in [3.8, 4) is 0 Å². The summed E-state index contributed by atoms with van der Waals surface area (Å²) >= 11 is 0. The molecule has 0 spiro atoms. The minimum Gasteiger partial charge on any atom is -0.395 e. The molecule has 0 saturated carbocycles. The Labute approximate surface area is 114 Å². The predicted molar refractivity (Wildman–Crippen MR) is 73.5 cm³/mol. The highest BCUT2D eigenvalue weighted by molar-refractivity contribution is 5.87. The van der Waals surface area contributed by atoms with Crippen molar-refractivity contribution < 1.29 is 14.6 Å². The van der Waals surface area contributed by atoms with Gasteiger partial charge >= 0.3 is 0 Å². The van der Waals surface area contributed by atoms with Crippen LogP contribution in [0.3, 0.4) is 0 Å². The lowest BCUT2D eigenvalue weighted by atomic mass is 9.91. The van der Waals surface area contributed by atoms with Crippen molar-refractivity contribution >= 4 is 5.91 Å². The van der Waals surface area contributed by atoms with Crippen LogP contribution in [0.2, 0.25) is 0 Å². The number of amides is 1. The molecule has 19 heavy (non-hydrogen) atoms. The van der Waals surface area contributed by atoms with E-state index in [1.165, 1.54) is 4.90 Å². The Morgan fingerprint density at radius 3 is 2.53 bits per heavy atom. The molecule has 1 aromatic rings. The summed E-state index contributed by atoms with van der Waals surface area (Å²) in [5.74, 6) is -0.218. The third kappa shape index (κ3) is 4.02. The molecular weight excluding hydrogens is 244 g/mol. The Bertz CT molecular complexity index is 393. The molecule has 0 heterocycles. The van der Waals surface area contributed by atoms with Gasteiger partial charge in [-0.1, -0.05) is 30.3 Å². The van der Waals surface area contributed by atoms with Crippen molar-refractivity contribution in [2.45, 2.75) is 12.5 Å². The van der Waals surface area contributed by atoms with Gasteiger partial charge in [0.25, 0.3) is 0 Å². The van der Waals surface area contributed by atoms with Crippen LogP contribution in [0, 0.1) is 0 Å². The standard InChI is InChI=1S/C14H22N2O3/c1-14(15,12-6-4-3-5-7-12)13(18)16(8-10-17)9-11-19-2/h3-7,17H,8-11,15H2,1-2H3. The molecule has 1 aromatic carbocycles. The van der Waals surface area contributed by atoms with Crippen LogP contribution in [0.5, 0.6) is 0 Å². The average molecular weight is 266 g/mol. The zero-order chi connectivity index (χ0) is 14.3. The van der Waals surface area contributed by atoms with Crippen molar-refractivity contribution in [1.82, 2.24) is 4.90 Å². The first kappa shape index (κ1) is 15.6. The van der Waals surface area contributed by atoms with E-state index >= 15 is 0 Å². The fraction of sp³-hybridized carbons (Fsp3) is 0.500. The van der Waals surface area contributed by atoms with E-state index in [-0.39, 0.29) is 19.1 Å². The number of aliphatic hydroxyl groups excluding tert-OH is 1. The van der Waals surface area contributed by atoms with Gasteiger partial charge in [0.15, 0.2) is 0 Å². The van der Waals surface area contributed by atoms with E-state index < -0.39 is 5.54 Å². The van der Waals surface area contributed by atoms with Gasteiger partial charge in [0, 0.05) is 20.2 Å². The number of carbonyl (C=O) groups is 1. The van der Waals surface area contributed by atoms with E-state index in [2.05, 4.69) is 0 Å². The minimum atomic E-state index is -1.11. The lowest BCUT2D eigenvalue weighted by molar-refractivity contribution is -0.138. The summed E-state index contributed by atoms with van der Waals surface area (Å²) in [4.78, 5) is 14.0. The molecule has 1 unspecified atom stereocenters. The number of methoxy groups -OCH3 is 1. The number of rotatable bonds is 7. The Balaban J connectivity index is 2.88. The fourth-order valence-corrected chi connectivity index (χ4v) is 1.87. The summed E-state index contributed by atoms with van der Waals surface area (Å²) in [5, 5.41) is 9.05. The molecule has 0 radical (unpaired) electrons. The van der Waals surface area contributed by atoms with Gasteiger partial charge in [0.2, 0.25) is 5.91 Å². The van der Waals surface area contributed by atoms with Gasteiger partial charge in [-0.15, -0.1) is 0 Å². The molecule has 106 valence electrons. The lowest BCUT2D eigenvalue weighted by Gasteiger charge is -2.31. The van der Waals surface area contributed by atoms with Crippen LogP contribution in [0.4, 0.5) is 0 Å². The number of ether oxygens (including phenoxy) is 1. The molecule has 0 fully saturated rings. The first-order valence-electron chi connectivity index (χ1n) is 6.27. The van der Waals surface area contributed by atoms with E-state index in [4.69, 9.17) is 15.6 Å². The molecule has 0 aromatic heterocycles. The molecule has 0 saturated heterocycles. The summed E-state index contributed by atoms with van der Waals surface area (Å²) in [7, 11) is 1.57. The summed E-state index contributed by atoms with van der Waals surface area (Å²) < 4.78 is 4.97. The second-order valence-electron chi connectivity index (χ2n) is 4.58. The Morgan fingerprint density at radius 2 is 2.00 bits per heavy atom. The Morgan fingerprint density at radius 1 is 1.37 bits per heavy atom. The topological polar surface area (TPSA) is 75.8 Å². The number of hydrogen-bond acceptors (Lipinski definition) is 4. The van der Waals surface area contributed by atoms with Crippen LogP contribution in [0.1, 0.15) is 12.5 Å². The number of nitrogens with zero attached hydrogens (tertiary/aromatic N) is 1. The zero-order valence-corrected chi connectivity index (χ0v) is 11.5. The summed E-state index contributed by atoms with van der Waals surface area (Å²) in [6.45, 7) is 2.66.